The van der Waals surface area contributed by atoms with Crippen LogP contribution in [0.25, 0.3) is 0 Å². The lowest BCUT2D eigenvalue weighted by molar-refractivity contribution is -0.139. The van der Waals surface area contributed by atoms with Gasteiger partial charge in [-0.25, -0.2) is 12.8 Å². The molecule has 2 amide bonds. The molecule has 10 heteroatoms. The number of benzene rings is 3. The van der Waals surface area contributed by atoms with E-state index in [4.69, 9.17) is 11.6 Å². The van der Waals surface area contributed by atoms with Gasteiger partial charge in [-0.05, 0) is 73.9 Å². The number of hydrogen-bond donors (Lipinski definition) is 1. The summed E-state index contributed by atoms with van der Waals surface area (Å²) in [6, 6.07) is 18.7. The van der Waals surface area contributed by atoms with Crippen molar-refractivity contribution in [1.82, 2.24) is 10.2 Å². The fourth-order valence-electron chi connectivity index (χ4n) is 4.79. The van der Waals surface area contributed by atoms with Gasteiger partial charge in [-0.15, -0.1) is 0 Å². The summed E-state index contributed by atoms with van der Waals surface area (Å²) in [5.74, 6) is -1.41. The molecule has 0 saturated heterocycles. The molecule has 1 unspecified atom stereocenters. The van der Waals surface area contributed by atoms with E-state index in [1.807, 2.05) is 0 Å². The minimum absolute atomic E-state index is 0.0144. The Morgan fingerprint density at radius 3 is 2.20 bits per heavy atom. The van der Waals surface area contributed by atoms with E-state index < -0.39 is 34.3 Å². The average Bonchev–Trinajstić information content (AvgIpc) is 2.96. The lowest BCUT2D eigenvalue weighted by atomic mass is 9.95. The molecule has 212 valence electrons. The van der Waals surface area contributed by atoms with E-state index in [2.05, 4.69) is 5.32 Å². The summed E-state index contributed by atoms with van der Waals surface area (Å²) in [4.78, 5) is 28.6. The van der Waals surface area contributed by atoms with E-state index in [0.717, 1.165) is 54.1 Å². The second-order valence-corrected chi connectivity index (χ2v) is 12.3. The molecule has 1 atom stereocenters. The molecule has 0 spiro atoms. The molecule has 0 heterocycles. The zero-order valence-electron chi connectivity index (χ0n) is 22.3. The second kappa shape index (κ2) is 13.3. The van der Waals surface area contributed by atoms with Gasteiger partial charge in [0, 0.05) is 17.6 Å². The zero-order valence-corrected chi connectivity index (χ0v) is 23.9. The van der Waals surface area contributed by atoms with Crippen LogP contribution >= 0.6 is 11.6 Å². The highest BCUT2D eigenvalue weighted by molar-refractivity contribution is 7.92. The summed E-state index contributed by atoms with van der Waals surface area (Å²) in [6.07, 6.45) is 4.99. The van der Waals surface area contributed by atoms with Crippen molar-refractivity contribution >= 4 is 39.1 Å². The molecule has 1 aliphatic rings. The van der Waals surface area contributed by atoms with E-state index in [0.29, 0.717) is 5.02 Å². The molecule has 0 aliphatic heterocycles. The van der Waals surface area contributed by atoms with Gasteiger partial charge in [0.05, 0.1) is 10.6 Å². The lowest BCUT2D eigenvalue weighted by Gasteiger charge is -2.33. The van der Waals surface area contributed by atoms with Crippen LogP contribution in [-0.4, -0.2) is 43.8 Å². The molecular formula is C30H33ClFN3O4S. The molecule has 0 bridgehead atoms. The van der Waals surface area contributed by atoms with Gasteiger partial charge in [0.2, 0.25) is 11.8 Å². The Balaban J connectivity index is 1.65. The summed E-state index contributed by atoms with van der Waals surface area (Å²) in [7, 11) is -4.20. The van der Waals surface area contributed by atoms with Gasteiger partial charge in [0.25, 0.3) is 10.0 Å². The van der Waals surface area contributed by atoms with Crippen LogP contribution in [0.5, 0.6) is 0 Å². The molecular weight excluding hydrogens is 553 g/mol. The van der Waals surface area contributed by atoms with Crippen molar-refractivity contribution < 1.29 is 22.4 Å². The minimum Gasteiger partial charge on any atom is -0.352 e. The van der Waals surface area contributed by atoms with Gasteiger partial charge in [0.15, 0.2) is 0 Å². The van der Waals surface area contributed by atoms with E-state index in [-0.39, 0.29) is 29.1 Å². The van der Waals surface area contributed by atoms with Crippen molar-refractivity contribution in [2.24, 2.45) is 0 Å². The number of carbonyl (C=O) groups is 2. The van der Waals surface area contributed by atoms with E-state index in [9.17, 15) is 22.4 Å². The Morgan fingerprint density at radius 1 is 0.950 bits per heavy atom. The Labute approximate surface area is 240 Å². The molecule has 1 saturated carbocycles. The smallest absolute Gasteiger partial charge is 0.264 e. The monoisotopic (exact) mass is 585 g/mol. The molecule has 3 aromatic carbocycles. The predicted octanol–water partition coefficient (Wildman–Crippen LogP) is 5.54. The van der Waals surface area contributed by atoms with Crippen LogP contribution in [0.2, 0.25) is 5.02 Å². The van der Waals surface area contributed by atoms with Gasteiger partial charge in [0.1, 0.15) is 18.4 Å². The fourth-order valence-corrected chi connectivity index (χ4v) is 6.35. The largest absolute Gasteiger partial charge is 0.352 e. The van der Waals surface area contributed by atoms with Crippen LogP contribution in [0, 0.1) is 5.82 Å². The van der Waals surface area contributed by atoms with Crippen LogP contribution in [-0.2, 0) is 26.2 Å². The number of amides is 2. The van der Waals surface area contributed by atoms with Crippen molar-refractivity contribution in [3.63, 3.8) is 0 Å². The Kier molecular flexibility index (Phi) is 9.81. The molecule has 0 radical (unpaired) electrons. The predicted molar refractivity (Wildman–Crippen MR) is 154 cm³/mol. The first-order valence-electron chi connectivity index (χ1n) is 13.3. The summed E-state index contributed by atoms with van der Waals surface area (Å²) in [5.41, 5.74) is 0.860. The van der Waals surface area contributed by atoms with Crippen molar-refractivity contribution in [1.29, 1.82) is 0 Å². The number of rotatable bonds is 10. The maximum Gasteiger partial charge on any atom is 0.264 e. The second-order valence-electron chi connectivity index (χ2n) is 9.97. The number of hydrogen-bond acceptors (Lipinski definition) is 4. The van der Waals surface area contributed by atoms with Gasteiger partial charge >= 0.3 is 0 Å². The van der Waals surface area contributed by atoms with Crippen molar-refractivity contribution in [2.45, 2.75) is 62.6 Å². The van der Waals surface area contributed by atoms with Gasteiger partial charge < -0.3 is 10.2 Å². The van der Waals surface area contributed by atoms with Crippen molar-refractivity contribution in [3.05, 3.63) is 95.3 Å². The first-order valence-corrected chi connectivity index (χ1v) is 15.1. The van der Waals surface area contributed by atoms with E-state index in [1.165, 1.54) is 29.2 Å². The zero-order chi connectivity index (χ0) is 28.7. The highest BCUT2D eigenvalue weighted by Crippen LogP contribution is 2.25. The van der Waals surface area contributed by atoms with Crippen LogP contribution in [0.3, 0.4) is 0 Å². The molecule has 1 N–H and O–H groups in total. The van der Waals surface area contributed by atoms with Gasteiger partial charge in [-0.1, -0.05) is 61.2 Å². The third kappa shape index (κ3) is 7.40. The Hall–Kier alpha value is -3.43. The number of nitrogens with one attached hydrogen (secondary N) is 1. The topological polar surface area (TPSA) is 86.8 Å². The summed E-state index contributed by atoms with van der Waals surface area (Å²) in [6.45, 7) is 1.12. The molecule has 3 aromatic rings. The molecule has 7 nitrogen and oxygen atoms in total. The minimum atomic E-state index is -4.20. The number of anilines is 1. The van der Waals surface area contributed by atoms with E-state index in [1.54, 1.807) is 49.4 Å². The summed E-state index contributed by atoms with van der Waals surface area (Å²) in [5, 5.41) is 3.60. The quantitative estimate of drug-likeness (QED) is 0.338. The van der Waals surface area contributed by atoms with E-state index >= 15 is 0 Å². The summed E-state index contributed by atoms with van der Waals surface area (Å²) < 4.78 is 42.1. The molecule has 40 heavy (non-hydrogen) atoms. The summed E-state index contributed by atoms with van der Waals surface area (Å²) >= 11 is 6.04. The Bertz CT molecular complexity index is 1400. The maximum atomic E-state index is 13.9. The highest BCUT2D eigenvalue weighted by atomic mass is 35.5. The number of halogens is 2. The fraction of sp³-hybridized carbons (Fsp3) is 0.333. The van der Waals surface area contributed by atoms with Crippen LogP contribution in [0.1, 0.15) is 44.6 Å². The number of nitrogens with zero attached hydrogens (tertiary/aromatic N) is 2. The van der Waals surface area contributed by atoms with Crippen molar-refractivity contribution in [2.75, 3.05) is 10.8 Å². The number of sulfonamides is 1. The third-order valence-corrected chi connectivity index (χ3v) is 9.15. The molecule has 0 aromatic heterocycles. The first kappa shape index (κ1) is 29.6. The van der Waals surface area contributed by atoms with Crippen LogP contribution < -0.4 is 9.62 Å². The molecule has 1 fully saturated rings. The highest BCUT2D eigenvalue weighted by Gasteiger charge is 2.33. The standard InChI is InChI=1S/C30H33ClFN3O4S/c1-22(30(37)33-26-8-4-2-5-9-26)34(20-23-12-14-24(31)15-13-23)29(36)21-35(27-18-16-25(32)17-19-27)40(38,39)28-10-6-3-7-11-28/h3,6-7,10-19,22,26H,2,4-5,8-9,20-21H2,1H3,(H,33,37). The normalized spacial score (nSPS) is 14.8. The van der Waals surface area contributed by atoms with Gasteiger partial charge in [-0.2, -0.15) is 0 Å². The van der Waals surface area contributed by atoms with Crippen molar-refractivity contribution in [3.8, 4) is 0 Å². The van der Waals surface area contributed by atoms with Gasteiger partial charge in [-0.3, -0.25) is 13.9 Å². The first-order chi connectivity index (χ1) is 19.1. The SMILES string of the molecule is CC(C(=O)NC1CCCCC1)N(Cc1ccc(Cl)cc1)C(=O)CN(c1ccc(F)cc1)S(=O)(=O)c1ccccc1. The average molecular weight is 586 g/mol. The molecule has 1 aliphatic carbocycles. The third-order valence-electron chi connectivity index (χ3n) is 7.11. The maximum absolute atomic E-state index is 13.9. The Morgan fingerprint density at radius 2 is 1.57 bits per heavy atom. The molecule has 4 rings (SSSR count). The van der Waals surface area contributed by atoms with Crippen LogP contribution in [0.15, 0.2) is 83.8 Å². The number of carbonyl (C=O) groups excluding carboxylic acids is 2. The lowest BCUT2D eigenvalue weighted by Crippen LogP contribution is -2.53. The van der Waals surface area contributed by atoms with Crippen LogP contribution in [0.4, 0.5) is 10.1 Å².